The normalized spacial score (nSPS) is 30.3. The van der Waals surface area contributed by atoms with Gasteiger partial charge in [-0.1, -0.05) is 12.1 Å². The number of hydrogen-bond acceptors (Lipinski definition) is 5. The van der Waals surface area contributed by atoms with Gasteiger partial charge in [-0.05, 0) is 37.8 Å². The Morgan fingerprint density at radius 1 is 1.24 bits per heavy atom. The van der Waals surface area contributed by atoms with Crippen molar-refractivity contribution in [3.63, 3.8) is 0 Å². The fraction of sp³-hybridized carbons (Fsp3) is 0.625. The topological polar surface area (TPSA) is 79.0 Å². The van der Waals surface area contributed by atoms with E-state index in [4.69, 9.17) is 10.5 Å². The summed E-state index contributed by atoms with van der Waals surface area (Å²) in [5.41, 5.74) is 6.40. The van der Waals surface area contributed by atoms with Crippen molar-refractivity contribution in [2.45, 2.75) is 50.0 Å². The van der Waals surface area contributed by atoms with Gasteiger partial charge in [-0.3, -0.25) is 4.90 Å². The summed E-state index contributed by atoms with van der Waals surface area (Å²) < 4.78 is 5.60. The number of nitrogens with two attached hydrogens (primary N) is 1. The van der Waals surface area contributed by atoms with Gasteiger partial charge in [0.05, 0.1) is 11.8 Å². The molecule has 2 fully saturated rings. The molecule has 0 radical (unpaired) electrons. The van der Waals surface area contributed by atoms with Crippen LogP contribution in [0.25, 0.3) is 0 Å². The minimum Gasteiger partial charge on any atom is -0.489 e. The Hall–Kier alpha value is -1.30. The first-order valence-electron chi connectivity index (χ1n) is 7.72. The summed E-state index contributed by atoms with van der Waals surface area (Å²) >= 11 is 0. The van der Waals surface area contributed by atoms with Crippen molar-refractivity contribution in [2.75, 3.05) is 18.9 Å². The smallest absolute Gasteiger partial charge is 0.142 e. The van der Waals surface area contributed by atoms with Gasteiger partial charge in [0.2, 0.25) is 0 Å². The molecule has 4 N–H and O–H groups in total. The summed E-state index contributed by atoms with van der Waals surface area (Å²) in [6.07, 6.45) is 3.20. The third kappa shape index (κ3) is 3.31. The van der Waals surface area contributed by atoms with Crippen molar-refractivity contribution in [1.29, 1.82) is 0 Å². The van der Waals surface area contributed by atoms with Gasteiger partial charge in [-0.15, -0.1) is 0 Å². The fourth-order valence-electron chi connectivity index (χ4n) is 3.64. The fourth-order valence-corrected chi connectivity index (χ4v) is 3.64. The lowest BCUT2D eigenvalue weighted by Crippen LogP contribution is -2.48. The van der Waals surface area contributed by atoms with Gasteiger partial charge in [-0.2, -0.15) is 0 Å². The zero-order valence-corrected chi connectivity index (χ0v) is 12.2. The van der Waals surface area contributed by atoms with E-state index < -0.39 is 6.10 Å². The Labute approximate surface area is 125 Å². The number of ether oxygens (including phenoxy) is 1. The summed E-state index contributed by atoms with van der Waals surface area (Å²) in [5.74, 6) is 0.619. The van der Waals surface area contributed by atoms with Crippen LogP contribution in [0.2, 0.25) is 0 Å². The molecule has 0 spiro atoms. The van der Waals surface area contributed by atoms with Gasteiger partial charge < -0.3 is 20.7 Å². The van der Waals surface area contributed by atoms with Crippen molar-refractivity contribution < 1.29 is 14.9 Å². The number of nitrogen functional groups attached to an aromatic ring is 1. The monoisotopic (exact) mass is 292 g/mol. The number of piperidine rings is 1. The van der Waals surface area contributed by atoms with Crippen LogP contribution in [0.1, 0.15) is 25.7 Å². The molecule has 2 heterocycles. The molecule has 0 amide bonds. The first-order valence-corrected chi connectivity index (χ1v) is 7.72. The van der Waals surface area contributed by atoms with Crippen LogP contribution >= 0.6 is 0 Å². The van der Waals surface area contributed by atoms with Crippen molar-refractivity contribution >= 4 is 5.69 Å². The van der Waals surface area contributed by atoms with Gasteiger partial charge in [0.25, 0.3) is 0 Å². The number of benzene rings is 1. The zero-order valence-electron chi connectivity index (χ0n) is 12.2. The average molecular weight is 292 g/mol. The lowest BCUT2D eigenvalue weighted by molar-refractivity contribution is -0.00207. The second kappa shape index (κ2) is 6.22. The van der Waals surface area contributed by atoms with Crippen LogP contribution in [0.3, 0.4) is 0 Å². The van der Waals surface area contributed by atoms with Crippen LogP contribution in [-0.2, 0) is 0 Å². The number of fused-ring (bicyclic) bond motifs is 2. The average Bonchev–Trinajstić information content (AvgIpc) is 2.70. The standard InChI is InChI=1S/C16H24N2O3/c17-15-3-1-2-4-16(15)21-10-14(20)9-18-11-5-6-12(18)8-13(19)7-11/h1-4,11-14,19-20H,5-10,17H2. The Bertz CT molecular complexity index is 468. The molecule has 0 aliphatic carbocycles. The molecule has 21 heavy (non-hydrogen) atoms. The van der Waals surface area contributed by atoms with Gasteiger partial charge >= 0.3 is 0 Å². The molecule has 5 heteroatoms. The Balaban J connectivity index is 1.51. The van der Waals surface area contributed by atoms with E-state index in [-0.39, 0.29) is 12.7 Å². The van der Waals surface area contributed by atoms with E-state index in [9.17, 15) is 10.2 Å². The van der Waals surface area contributed by atoms with E-state index in [2.05, 4.69) is 4.90 Å². The third-order valence-corrected chi connectivity index (χ3v) is 4.63. The molecule has 0 saturated carbocycles. The molecule has 2 aliphatic heterocycles. The highest BCUT2D eigenvalue weighted by Gasteiger charge is 2.40. The number of nitrogens with zero attached hydrogens (tertiary/aromatic N) is 1. The first kappa shape index (κ1) is 14.6. The van der Waals surface area contributed by atoms with Crippen LogP contribution in [0.4, 0.5) is 5.69 Å². The molecule has 2 bridgehead atoms. The van der Waals surface area contributed by atoms with E-state index in [1.807, 2.05) is 18.2 Å². The van der Waals surface area contributed by atoms with Crippen molar-refractivity contribution in [1.82, 2.24) is 4.90 Å². The van der Waals surface area contributed by atoms with E-state index in [1.165, 1.54) is 0 Å². The SMILES string of the molecule is Nc1ccccc1OCC(O)CN1C2CCC1CC(O)C2. The summed E-state index contributed by atoms with van der Waals surface area (Å²) in [6.45, 7) is 0.849. The Morgan fingerprint density at radius 2 is 1.90 bits per heavy atom. The first-order chi connectivity index (χ1) is 10.1. The lowest BCUT2D eigenvalue weighted by Gasteiger charge is -2.38. The molecule has 3 unspecified atom stereocenters. The van der Waals surface area contributed by atoms with Crippen molar-refractivity contribution in [2.24, 2.45) is 0 Å². The molecule has 5 nitrogen and oxygen atoms in total. The highest BCUT2D eigenvalue weighted by Crippen LogP contribution is 2.35. The Morgan fingerprint density at radius 3 is 2.57 bits per heavy atom. The lowest BCUT2D eigenvalue weighted by atomic mass is 9.99. The van der Waals surface area contributed by atoms with Crippen molar-refractivity contribution in [3.8, 4) is 5.75 Å². The largest absolute Gasteiger partial charge is 0.489 e. The Kier molecular flexibility index (Phi) is 4.33. The maximum atomic E-state index is 10.2. The van der Waals surface area contributed by atoms with Crippen LogP contribution in [0.5, 0.6) is 5.75 Å². The third-order valence-electron chi connectivity index (χ3n) is 4.63. The zero-order chi connectivity index (χ0) is 14.8. The second-order valence-corrected chi connectivity index (χ2v) is 6.21. The highest BCUT2D eigenvalue weighted by atomic mass is 16.5. The molecule has 0 aromatic heterocycles. The molecule has 3 atom stereocenters. The summed E-state index contributed by atoms with van der Waals surface area (Å²) in [7, 11) is 0. The number of anilines is 1. The minimum absolute atomic E-state index is 0.170. The number of rotatable bonds is 5. The maximum absolute atomic E-state index is 10.2. The quantitative estimate of drug-likeness (QED) is 0.706. The minimum atomic E-state index is -0.539. The molecular formula is C16H24N2O3. The van der Waals surface area contributed by atoms with E-state index in [0.29, 0.717) is 30.1 Å². The highest BCUT2D eigenvalue weighted by molar-refractivity contribution is 5.51. The van der Waals surface area contributed by atoms with Gasteiger partial charge in [0, 0.05) is 18.6 Å². The predicted molar refractivity (Wildman–Crippen MR) is 81.1 cm³/mol. The number of para-hydroxylation sites is 2. The van der Waals surface area contributed by atoms with Crippen LogP contribution in [0, 0.1) is 0 Å². The molecule has 2 aliphatic rings. The molecular weight excluding hydrogens is 268 g/mol. The van der Waals surface area contributed by atoms with E-state index >= 15 is 0 Å². The molecule has 1 aromatic rings. The van der Waals surface area contributed by atoms with Crippen LogP contribution in [-0.4, -0.2) is 52.6 Å². The molecule has 1 aromatic carbocycles. The number of hydrogen-bond donors (Lipinski definition) is 3. The van der Waals surface area contributed by atoms with Gasteiger partial charge in [-0.25, -0.2) is 0 Å². The molecule has 3 rings (SSSR count). The van der Waals surface area contributed by atoms with Gasteiger partial charge in [0.1, 0.15) is 18.5 Å². The summed E-state index contributed by atoms with van der Waals surface area (Å²) in [6, 6.07) is 8.14. The predicted octanol–water partition coefficient (Wildman–Crippen LogP) is 0.996. The van der Waals surface area contributed by atoms with E-state index in [0.717, 1.165) is 25.7 Å². The number of aliphatic hydroxyl groups is 2. The number of aliphatic hydroxyl groups excluding tert-OH is 2. The van der Waals surface area contributed by atoms with E-state index in [1.54, 1.807) is 6.07 Å². The van der Waals surface area contributed by atoms with Crippen LogP contribution in [0.15, 0.2) is 24.3 Å². The van der Waals surface area contributed by atoms with Gasteiger partial charge in [0.15, 0.2) is 0 Å². The van der Waals surface area contributed by atoms with Crippen LogP contribution < -0.4 is 10.5 Å². The molecule has 116 valence electrons. The molecule has 2 saturated heterocycles. The summed E-state index contributed by atoms with van der Waals surface area (Å²) in [5, 5.41) is 20.0. The van der Waals surface area contributed by atoms with Crippen molar-refractivity contribution in [3.05, 3.63) is 24.3 Å². The maximum Gasteiger partial charge on any atom is 0.142 e. The summed E-state index contributed by atoms with van der Waals surface area (Å²) in [4.78, 5) is 2.34. The second-order valence-electron chi connectivity index (χ2n) is 6.21.